The van der Waals surface area contributed by atoms with Crippen molar-refractivity contribution in [2.24, 2.45) is 17.8 Å². The van der Waals surface area contributed by atoms with E-state index < -0.39 is 0 Å². The van der Waals surface area contributed by atoms with Crippen molar-refractivity contribution in [3.63, 3.8) is 0 Å². The van der Waals surface area contributed by atoms with Gasteiger partial charge in [0, 0.05) is 0 Å². The van der Waals surface area contributed by atoms with E-state index in [0.717, 1.165) is 30.6 Å². The summed E-state index contributed by atoms with van der Waals surface area (Å²) in [6.45, 7) is 0. The lowest BCUT2D eigenvalue weighted by Gasteiger charge is -2.32. The second-order valence-corrected chi connectivity index (χ2v) is 9.38. The van der Waals surface area contributed by atoms with Gasteiger partial charge < -0.3 is 0 Å². The molecule has 0 N–H and O–H groups in total. The Labute approximate surface area is 170 Å². The lowest BCUT2D eigenvalue weighted by atomic mass is 9.74. The predicted octanol–water partition coefficient (Wildman–Crippen LogP) is 8.73. The van der Waals surface area contributed by atoms with Crippen molar-refractivity contribution in [1.82, 2.24) is 0 Å². The van der Waals surface area contributed by atoms with E-state index in [1.54, 1.807) is 18.2 Å². The second kappa shape index (κ2) is 11.7. The SMILES string of the molecule is FC=CCCCC[C@H]1CC[C@H](CC[C@H]2CC[C@H](c3ccc(F)cc3)CC2)CC1. The number of halogens is 2. The molecule has 2 heteroatoms. The first kappa shape index (κ1) is 21.5. The first-order valence-corrected chi connectivity index (χ1v) is 11.7. The first-order valence-electron chi connectivity index (χ1n) is 11.7. The van der Waals surface area contributed by atoms with Crippen LogP contribution >= 0.6 is 0 Å². The van der Waals surface area contributed by atoms with Gasteiger partial charge >= 0.3 is 0 Å². The van der Waals surface area contributed by atoms with Gasteiger partial charge in [-0.05, 0) is 79.9 Å². The molecule has 3 rings (SSSR count). The number of hydrogen-bond acceptors (Lipinski definition) is 0. The Morgan fingerprint density at radius 1 is 0.714 bits per heavy atom. The molecule has 2 fully saturated rings. The van der Waals surface area contributed by atoms with Crippen molar-refractivity contribution >= 4 is 0 Å². The van der Waals surface area contributed by atoms with Crippen LogP contribution in [-0.4, -0.2) is 0 Å². The van der Waals surface area contributed by atoms with E-state index in [-0.39, 0.29) is 5.82 Å². The first-order chi connectivity index (χ1) is 13.7. The number of benzene rings is 1. The molecule has 0 heterocycles. The summed E-state index contributed by atoms with van der Waals surface area (Å²) in [5.41, 5.74) is 1.33. The topological polar surface area (TPSA) is 0 Å². The lowest BCUT2D eigenvalue weighted by molar-refractivity contribution is 0.222. The van der Waals surface area contributed by atoms with Gasteiger partial charge in [0.25, 0.3) is 0 Å². The van der Waals surface area contributed by atoms with Gasteiger partial charge in [-0.1, -0.05) is 69.6 Å². The van der Waals surface area contributed by atoms with E-state index in [1.807, 2.05) is 12.1 Å². The van der Waals surface area contributed by atoms with Crippen molar-refractivity contribution in [3.8, 4) is 0 Å². The normalized spacial score (nSPS) is 28.6. The summed E-state index contributed by atoms with van der Waals surface area (Å²) in [7, 11) is 0. The van der Waals surface area contributed by atoms with Gasteiger partial charge in [0.2, 0.25) is 0 Å². The fourth-order valence-corrected chi connectivity index (χ4v) is 5.56. The maximum absolute atomic E-state index is 13.1. The summed E-state index contributed by atoms with van der Waals surface area (Å²) in [5, 5.41) is 0. The molecule has 2 aliphatic carbocycles. The van der Waals surface area contributed by atoms with Crippen LogP contribution < -0.4 is 0 Å². The van der Waals surface area contributed by atoms with Crippen molar-refractivity contribution in [2.75, 3.05) is 0 Å². The monoisotopic (exact) mass is 388 g/mol. The maximum Gasteiger partial charge on any atom is 0.123 e. The summed E-state index contributed by atoms with van der Waals surface area (Å²) in [6.07, 6.45) is 20.8. The molecular formula is C26H38F2. The zero-order valence-electron chi connectivity index (χ0n) is 17.4. The highest BCUT2D eigenvalue weighted by Gasteiger charge is 2.25. The standard InChI is InChI=1S/C26H38F2/c27-20-4-2-1-3-5-21-6-8-22(9-7-21)10-11-23-12-14-24(15-13-23)25-16-18-26(28)19-17-25/h4,16-24H,1-3,5-15H2/t21-,22-,23-,24-. The molecule has 1 aromatic carbocycles. The minimum atomic E-state index is -0.124. The molecule has 0 atom stereocenters. The molecule has 2 saturated carbocycles. The molecule has 0 amide bonds. The fraction of sp³-hybridized carbons (Fsp3) is 0.692. The number of hydrogen-bond donors (Lipinski definition) is 0. The zero-order valence-corrected chi connectivity index (χ0v) is 17.4. The Morgan fingerprint density at radius 2 is 1.25 bits per heavy atom. The highest BCUT2D eigenvalue weighted by Crippen LogP contribution is 2.40. The van der Waals surface area contributed by atoms with Crippen molar-refractivity contribution in [1.29, 1.82) is 0 Å². The van der Waals surface area contributed by atoms with Crippen LogP contribution in [0.3, 0.4) is 0 Å². The van der Waals surface area contributed by atoms with Gasteiger partial charge in [-0.25, -0.2) is 8.78 Å². The number of allylic oxidation sites excluding steroid dienone is 1. The van der Waals surface area contributed by atoms with Crippen LogP contribution in [0, 0.1) is 23.6 Å². The molecule has 1 aromatic rings. The van der Waals surface area contributed by atoms with Gasteiger partial charge in [-0.2, -0.15) is 0 Å². The van der Waals surface area contributed by atoms with Crippen LogP contribution in [0.25, 0.3) is 0 Å². The summed E-state index contributed by atoms with van der Waals surface area (Å²) in [4.78, 5) is 0. The third-order valence-corrected chi connectivity index (χ3v) is 7.46. The molecule has 0 nitrogen and oxygen atoms in total. The molecule has 28 heavy (non-hydrogen) atoms. The Bertz CT molecular complexity index is 561. The Hall–Kier alpha value is -1.18. The smallest absolute Gasteiger partial charge is 0.123 e. The summed E-state index contributed by atoms with van der Waals surface area (Å²) in [5.74, 6) is 3.32. The maximum atomic E-state index is 13.1. The third kappa shape index (κ3) is 7.01. The molecule has 0 unspecified atom stereocenters. The minimum absolute atomic E-state index is 0.124. The molecule has 0 aromatic heterocycles. The van der Waals surface area contributed by atoms with Gasteiger partial charge in [0.05, 0.1) is 6.33 Å². The number of unbranched alkanes of at least 4 members (excludes halogenated alkanes) is 2. The zero-order chi connectivity index (χ0) is 19.6. The quantitative estimate of drug-likeness (QED) is 0.371. The van der Waals surface area contributed by atoms with Crippen LogP contribution in [0.2, 0.25) is 0 Å². The highest BCUT2D eigenvalue weighted by atomic mass is 19.1. The second-order valence-electron chi connectivity index (χ2n) is 9.38. The van der Waals surface area contributed by atoms with E-state index in [2.05, 4.69) is 0 Å². The number of rotatable bonds is 9. The third-order valence-electron chi connectivity index (χ3n) is 7.46. The molecule has 0 saturated heterocycles. The average molecular weight is 389 g/mol. The Balaban J connectivity index is 1.26. The van der Waals surface area contributed by atoms with Crippen molar-refractivity contribution in [2.45, 2.75) is 95.8 Å². The van der Waals surface area contributed by atoms with Gasteiger partial charge in [0.15, 0.2) is 0 Å². The average Bonchev–Trinajstić information content (AvgIpc) is 2.74. The van der Waals surface area contributed by atoms with E-state index in [4.69, 9.17) is 0 Å². The van der Waals surface area contributed by atoms with Crippen molar-refractivity contribution < 1.29 is 8.78 Å². The van der Waals surface area contributed by atoms with Crippen LogP contribution in [0.5, 0.6) is 0 Å². The van der Waals surface area contributed by atoms with Crippen LogP contribution in [0.4, 0.5) is 8.78 Å². The van der Waals surface area contributed by atoms with E-state index in [0.29, 0.717) is 12.2 Å². The summed E-state index contributed by atoms with van der Waals surface area (Å²) >= 11 is 0. The van der Waals surface area contributed by atoms with Gasteiger partial charge in [-0.3, -0.25) is 0 Å². The molecule has 156 valence electrons. The predicted molar refractivity (Wildman–Crippen MR) is 114 cm³/mol. The van der Waals surface area contributed by atoms with E-state index >= 15 is 0 Å². The van der Waals surface area contributed by atoms with Crippen LogP contribution in [0.15, 0.2) is 36.7 Å². The summed E-state index contributed by atoms with van der Waals surface area (Å²) < 4.78 is 25.1. The molecule has 0 aliphatic heterocycles. The molecule has 0 spiro atoms. The molecular weight excluding hydrogens is 350 g/mol. The van der Waals surface area contributed by atoms with E-state index in [9.17, 15) is 8.78 Å². The Morgan fingerprint density at radius 3 is 1.82 bits per heavy atom. The minimum Gasteiger partial charge on any atom is -0.216 e. The van der Waals surface area contributed by atoms with Crippen LogP contribution in [-0.2, 0) is 0 Å². The molecule has 0 bridgehead atoms. The highest BCUT2D eigenvalue weighted by molar-refractivity contribution is 5.20. The van der Waals surface area contributed by atoms with Gasteiger partial charge in [-0.15, -0.1) is 0 Å². The van der Waals surface area contributed by atoms with E-state index in [1.165, 1.54) is 82.6 Å². The van der Waals surface area contributed by atoms with Crippen molar-refractivity contribution in [3.05, 3.63) is 48.1 Å². The Kier molecular flexibility index (Phi) is 9.02. The summed E-state index contributed by atoms with van der Waals surface area (Å²) in [6, 6.07) is 7.19. The largest absolute Gasteiger partial charge is 0.216 e. The molecule has 0 radical (unpaired) electrons. The fourth-order valence-electron chi connectivity index (χ4n) is 5.56. The molecule has 2 aliphatic rings. The lowest BCUT2D eigenvalue weighted by Crippen LogP contribution is -2.17. The van der Waals surface area contributed by atoms with Crippen LogP contribution in [0.1, 0.15) is 101 Å². The van der Waals surface area contributed by atoms with Gasteiger partial charge in [0.1, 0.15) is 5.82 Å².